The van der Waals surface area contributed by atoms with E-state index in [0.29, 0.717) is 5.41 Å². The lowest BCUT2D eigenvalue weighted by molar-refractivity contribution is -0.137. The highest BCUT2D eigenvalue weighted by Crippen LogP contribution is 2.59. The highest BCUT2D eigenvalue weighted by atomic mass is 16.6. The first-order valence-corrected chi connectivity index (χ1v) is 11.3. The van der Waals surface area contributed by atoms with Crippen molar-refractivity contribution >= 4 is 6.09 Å². The van der Waals surface area contributed by atoms with Crippen LogP contribution in [0.15, 0.2) is 11.6 Å². The number of hydrogen-bond donors (Lipinski definition) is 0. The zero-order valence-electron chi connectivity index (χ0n) is 19.0. The maximum Gasteiger partial charge on any atom is 0.410 e. The molecule has 1 aliphatic carbocycles. The van der Waals surface area contributed by atoms with Gasteiger partial charge in [0.2, 0.25) is 0 Å². The Hall–Kier alpha value is -1.15. The minimum Gasteiger partial charge on any atom is -0.443 e. The molecular formula is C23H36N2O5. The van der Waals surface area contributed by atoms with Crippen molar-refractivity contribution in [2.45, 2.75) is 69.5 Å². The molecule has 0 radical (unpaired) electrons. The Labute approximate surface area is 179 Å². The molecule has 0 N–H and O–H groups in total. The normalized spacial score (nSPS) is 43.7. The van der Waals surface area contributed by atoms with Gasteiger partial charge in [0.1, 0.15) is 23.4 Å². The van der Waals surface area contributed by atoms with Crippen LogP contribution in [0.25, 0.3) is 0 Å². The number of rotatable bonds is 5. The second kappa shape index (κ2) is 6.92. The first-order valence-electron chi connectivity index (χ1n) is 11.3. The van der Waals surface area contributed by atoms with Gasteiger partial charge in [-0.05, 0) is 47.1 Å². The fourth-order valence-corrected chi connectivity index (χ4v) is 6.47. The summed E-state index contributed by atoms with van der Waals surface area (Å²) in [6.45, 7) is 10.9. The molecule has 4 saturated heterocycles. The minimum absolute atomic E-state index is 0.0696. The van der Waals surface area contributed by atoms with Crippen molar-refractivity contribution in [3.8, 4) is 0 Å². The molecule has 1 saturated carbocycles. The molecule has 0 aromatic rings. The van der Waals surface area contributed by atoms with Gasteiger partial charge in [-0.3, -0.25) is 0 Å². The Morgan fingerprint density at radius 1 is 1.23 bits per heavy atom. The first-order chi connectivity index (χ1) is 14.2. The first kappa shape index (κ1) is 20.7. The molecular weight excluding hydrogens is 384 g/mol. The van der Waals surface area contributed by atoms with Gasteiger partial charge in [0.25, 0.3) is 0 Å². The van der Waals surface area contributed by atoms with Crippen LogP contribution in [0.2, 0.25) is 0 Å². The molecule has 0 bridgehead atoms. The van der Waals surface area contributed by atoms with E-state index in [2.05, 4.69) is 38.8 Å². The van der Waals surface area contributed by atoms with Crippen molar-refractivity contribution in [3.63, 3.8) is 0 Å². The number of nitrogens with zero attached hydrogens (tertiary/aromatic N) is 2. The van der Waals surface area contributed by atoms with Crippen LogP contribution in [0.3, 0.4) is 0 Å². The standard InChI is InChI=1S/C23H36N2O5/c1-15(2)6-7-17-21(3,30-17)19-18(27-5)16(8-9-23(19)14-28-23)29-20(26)25-12-22(13-25)10-24(4)11-22/h6,16-19H,7-14H2,1-5H3/t16-,17-,18-,19?,21+,23+/m1/s1. The Morgan fingerprint density at radius 3 is 2.50 bits per heavy atom. The lowest BCUT2D eigenvalue weighted by atomic mass is 9.68. The second-order valence-electron chi connectivity index (χ2n) is 10.8. The van der Waals surface area contributed by atoms with Crippen LogP contribution < -0.4 is 0 Å². The van der Waals surface area contributed by atoms with Gasteiger partial charge in [0.15, 0.2) is 0 Å². The number of epoxide rings is 2. The highest BCUT2D eigenvalue weighted by molar-refractivity contribution is 5.69. The average Bonchev–Trinajstić information content (AvgIpc) is 3.54. The summed E-state index contributed by atoms with van der Waals surface area (Å²) in [5.74, 6) is 0.0696. The summed E-state index contributed by atoms with van der Waals surface area (Å²) < 4.78 is 24.2. The van der Waals surface area contributed by atoms with Gasteiger partial charge in [-0.25, -0.2) is 4.79 Å². The maximum absolute atomic E-state index is 12.8. The van der Waals surface area contributed by atoms with Gasteiger partial charge in [-0.15, -0.1) is 0 Å². The van der Waals surface area contributed by atoms with E-state index in [1.165, 1.54) is 5.57 Å². The van der Waals surface area contributed by atoms with Crippen LogP contribution in [-0.4, -0.2) is 92.4 Å². The number of ether oxygens (including phenoxy) is 4. The smallest absolute Gasteiger partial charge is 0.410 e. The number of carbonyl (C=O) groups is 1. The van der Waals surface area contributed by atoms with Gasteiger partial charge in [-0.2, -0.15) is 0 Å². The van der Waals surface area contributed by atoms with Gasteiger partial charge in [-0.1, -0.05) is 11.6 Å². The number of allylic oxidation sites excluding steroid dienone is 1. The van der Waals surface area contributed by atoms with Crippen LogP contribution in [0.1, 0.15) is 40.0 Å². The molecule has 4 aliphatic heterocycles. The fraction of sp³-hybridized carbons (Fsp3) is 0.870. The zero-order chi connectivity index (χ0) is 21.3. The summed E-state index contributed by atoms with van der Waals surface area (Å²) in [5, 5.41) is 0. The molecule has 5 fully saturated rings. The molecule has 168 valence electrons. The Balaban J connectivity index is 1.25. The predicted octanol–water partition coefficient (Wildman–Crippen LogP) is 2.45. The molecule has 1 unspecified atom stereocenters. The SMILES string of the molecule is CO[C@H]1C([C@@]2(C)O[C@@H]2CC=C(C)C)[C@]2(CC[C@H]1OC(=O)N1CC3(CN(C)C3)C1)CO2. The molecule has 4 heterocycles. The summed E-state index contributed by atoms with van der Waals surface area (Å²) in [5.41, 5.74) is 1.12. The quantitative estimate of drug-likeness (QED) is 0.503. The van der Waals surface area contributed by atoms with Crippen LogP contribution in [0.4, 0.5) is 4.79 Å². The van der Waals surface area contributed by atoms with Crippen molar-refractivity contribution < 1.29 is 23.7 Å². The Bertz CT molecular complexity index is 732. The van der Waals surface area contributed by atoms with Crippen LogP contribution >= 0.6 is 0 Å². The molecule has 30 heavy (non-hydrogen) atoms. The lowest BCUT2D eigenvalue weighted by Gasteiger charge is -2.59. The molecule has 6 atom stereocenters. The monoisotopic (exact) mass is 420 g/mol. The van der Waals surface area contributed by atoms with Crippen LogP contribution in [-0.2, 0) is 18.9 Å². The Kier molecular flexibility index (Phi) is 4.79. The van der Waals surface area contributed by atoms with E-state index < -0.39 is 0 Å². The lowest BCUT2D eigenvalue weighted by Crippen LogP contribution is -2.72. The summed E-state index contributed by atoms with van der Waals surface area (Å²) in [6, 6.07) is 0. The van der Waals surface area contributed by atoms with E-state index in [9.17, 15) is 4.79 Å². The minimum atomic E-state index is -0.300. The maximum atomic E-state index is 12.8. The second-order valence-corrected chi connectivity index (χ2v) is 10.8. The molecule has 0 aromatic heterocycles. The van der Waals surface area contributed by atoms with Crippen molar-refractivity contribution in [1.82, 2.24) is 9.80 Å². The topological polar surface area (TPSA) is 67.1 Å². The number of methoxy groups -OCH3 is 1. The molecule has 0 aromatic carbocycles. The summed E-state index contributed by atoms with van der Waals surface area (Å²) in [4.78, 5) is 17.0. The molecule has 7 heteroatoms. The molecule has 5 aliphatic rings. The zero-order valence-corrected chi connectivity index (χ0v) is 19.0. The highest BCUT2D eigenvalue weighted by Gasteiger charge is 2.72. The molecule has 5 rings (SSSR count). The summed E-state index contributed by atoms with van der Waals surface area (Å²) in [6.07, 6.45) is 4.29. The van der Waals surface area contributed by atoms with E-state index in [1.54, 1.807) is 7.11 Å². The number of carbonyl (C=O) groups excluding carboxylic acids is 1. The van der Waals surface area contributed by atoms with E-state index >= 15 is 0 Å². The predicted molar refractivity (Wildman–Crippen MR) is 111 cm³/mol. The van der Waals surface area contributed by atoms with Crippen LogP contribution in [0.5, 0.6) is 0 Å². The van der Waals surface area contributed by atoms with Crippen molar-refractivity contribution in [2.75, 3.05) is 46.9 Å². The third-order valence-electron chi connectivity index (χ3n) is 8.01. The molecule has 1 amide bonds. The largest absolute Gasteiger partial charge is 0.443 e. The van der Waals surface area contributed by atoms with E-state index in [0.717, 1.165) is 52.0 Å². The van der Waals surface area contributed by atoms with Crippen molar-refractivity contribution in [3.05, 3.63) is 11.6 Å². The van der Waals surface area contributed by atoms with Gasteiger partial charge < -0.3 is 28.7 Å². The Morgan fingerprint density at radius 2 is 1.93 bits per heavy atom. The summed E-state index contributed by atoms with van der Waals surface area (Å²) >= 11 is 0. The number of likely N-dealkylation sites (tertiary alicyclic amines) is 2. The molecule has 2 spiro atoms. The molecule has 7 nitrogen and oxygen atoms in total. The third kappa shape index (κ3) is 3.29. The summed E-state index contributed by atoms with van der Waals surface area (Å²) in [7, 11) is 3.85. The van der Waals surface area contributed by atoms with Crippen molar-refractivity contribution in [2.24, 2.45) is 11.3 Å². The van der Waals surface area contributed by atoms with Crippen molar-refractivity contribution in [1.29, 1.82) is 0 Å². The van der Waals surface area contributed by atoms with Crippen LogP contribution in [0, 0.1) is 11.3 Å². The van der Waals surface area contributed by atoms with Gasteiger partial charge >= 0.3 is 6.09 Å². The third-order valence-corrected chi connectivity index (χ3v) is 8.01. The number of amides is 1. The van der Waals surface area contributed by atoms with E-state index in [4.69, 9.17) is 18.9 Å². The van der Waals surface area contributed by atoms with E-state index in [-0.39, 0.29) is 41.5 Å². The fourth-order valence-electron chi connectivity index (χ4n) is 6.47. The van der Waals surface area contributed by atoms with Gasteiger partial charge in [0.05, 0.1) is 18.6 Å². The van der Waals surface area contributed by atoms with E-state index in [1.807, 2.05) is 4.90 Å². The average molecular weight is 421 g/mol. The van der Waals surface area contributed by atoms with Gasteiger partial charge in [0, 0.05) is 38.7 Å². The number of hydrogen-bond acceptors (Lipinski definition) is 6.